The van der Waals surface area contributed by atoms with Gasteiger partial charge in [0, 0.05) is 22.4 Å². The number of halogens is 2. The Morgan fingerprint density at radius 2 is 2.00 bits per heavy atom. The van der Waals surface area contributed by atoms with Gasteiger partial charge in [0.15, 0.2) is 0 Å². The van der Waals surface area contributed by atoms with E-state index in [0.717, 1.165) is 0 Å². The number of carbonyl (C=O) groups excluding carboxylic acids is 1. The zero-order valence-corrected chi connectivity index (χ0v) is 13.8. The van der Waals surface area contributed by atoms with E-state index >= 15 is 0 Å². The number of rotatable bonds is 6. The van der Waals surface area contributed by atoms with Crippen molar-refractivity contribution in [1.29, 1.82) is 0 Å². The van der Waals surface area contributed by atoms with Gasteiger partial charge in [0.2, 0.25) is 5.91 Å². The molecule has 0 unspecified atom stereocenters. The molecule has 0 aliphatic heterocycles. The molecule has 0 aliphatic rings. The summed E-state index contributed by atoms with van der Waals surface area (Å²) in [6.45, 7) is 2.11. The van der Waals surface area contributed by atoms with Gasteiger partial charge < -0.3 is 5.32 Å². The highest BCUT2D eigenvalue weighted by Crippen LogP contribution is 2.28. The average molecular weight is 338 g/mol. The van der Waals surface area contributed by atoms with E-state index in [1.54, 1.807) is 17.8 Å². The number of hydrogen-bond donors (Lipinski definition) is 1. The molecule has 0 fully saturated rings. The molecule has 2 aromatic carbocycles. The highest BCUT2D eigenvalue weighted by molar-refractivity contribution is 7.99. The molecule has 2 aromatic rings. The molecule has 2 nitrogen and oxygen atoms in total. The summed E-state index contributed by atoms with van der Waals surface area (Å²) in [6, 6.07) is 14.3. The van der Waals surface area contributed by atoms with Crippen LogP contribution in [0.3, 0.4) is 0 Å². The number of thioether (sulfide) groups is 1. The zero-order chi connectivity index (χ0) is 15.9. The molecule has 0 aliphatic carbocycles. The second kappa shape index (κ2) is 8.20. The van der Waals surface area contributed by atoms with Crippen molar-refractivity contribution in [2.24, 2.45) is 0 Å². The predicted molar refractivity (Wildman–Crippen MR) is 92.0 cm³/mol. The van der Waals surface area contributed by atoms with Crippen molar-refractivity contribution in [2.45, 2.75) is 18.6 Å². The maximum Gasteiger partial charge on any atom is 0.225 e. The fourth-order valence-corrected chi connectivity index (χ4v) is 3.12. The predicted octanol–water partition coefficient (Wildman–Crippen LogP) is 5.30. The Bertz CT molecular complexity index is 636. The standard InChI is InChI=1S/C17H17ClFNOS/c1-12(13-5-3-2-4-6-13)22-10-9-17(21)20-16-8-7-14(18)11-15(16)19/h2-8,11-12H,9-10H2,1H3,(H,20,21)/t12-/m0/s1. The van der Waals surface area contributed by atoms with Crippen LogP contribution < -0.4 is 5.32 Å². The first-order valence-electron chi connectivity index (χ1n) is 6.97. The Kier molecular flexibility index (Phi) is 6.28. The van der Waals surface area contributed by atoms with Crippen LogP contribution in [0.5, 0.6) is 0 Å². The molecule has 0 bridgehead atoms. The normalized spacial score (nSPS) is 12.0. The molecule has 0 heterocycles. The molecule has 5 heteroatoms. The monoisotopic (exact) mass is 337 g/mol. The third-order valence-corrected chi connectivity index (χ3v) is 4.62. The number of amides is 1. The molecule has 0 spiro atoms. The first-order chi connectivity index (χ1) is 10.6. The lowest BCUT2D eigenvalue weighted by Gasteiger charge is -2.11. The van der Waals surface area contributed by atoms with Crippen molar-refractivity contribution >= 4 is 35.0 Å². The largest absolute Gasteiger partial charge is 0.324 e. The Hall–Kier alpha value is -1.52. The van der Waals surface area contributed by atoms with Gasteiger partial charge in [-0.05, 0) is 30.7 Å². The topological polar surface area (TPSA) is 29.1 Å². The molecule has 0 aromatic heterocycles. The van der Waals surface area contributed by atoms with Gasteiger partial charge in [-0.15, -0.1) is 0 Å². The second-order valence-electron chi connectivity index (χ2n) is 4.85. The molecule has 0 radical (unpaired) electrons. The molecule has 1 amide bonds. The molecule has 2 rings (SSSR count). The highest BCUT2D eigenvalue weighted by Gasteiger charge is 2.10. The molecule has 1 N–H and O–H groups in total. The lowest BCUT2D eigenvalue weighted by atomic mass is 10.2. The third-order valence-electron chi connectivity index (χ3n) is 3.17. The first-order valence-corrected chi connectivity index (χ1v) is 8.40. The van der Waals surface area contributed by atoms with Crippen LogP contribution >= 0.6 is 23.4 Å². The minimum Gasteiger partial charge on any atom is -0.324 e. The lowest BCUT2D eigenvalue weighted by molar-refractivity contribution is -0.115. The fraction of sp³-hybridized carbons (Fsp3) is 0.235. The van der Waals surface area contributed by atoms with Crippen molar-refractivity contribution in [3.63, 3.8) is 0 Å². The maximum absolute atomic E-state index is 13.6. The van der Waals surface area contributed by atoms with Gasteiger partial charge >= 0.3 is 0 Å². The Balaban J connectivity index is 1.78. The van der Waals surface area contributed by atoms with E-state index < -0.39 is 5.82 Å². The number of hydrogen-bond acceptors (Lipinski definition) is 2. The van der Waals surface area contributed by atoms with Crippen LogP contribution in [0.2, 0.25) is 5.02 Å². The number of carbonyl (C=O) groups is 1. The Morgan fingerprint density at radius 3 is 2.68 bits per heavy atom. The smallest absolute Gasteiger partial charge is 0.225 e. The van der Waals surface area contributed by atoms with Crippen LogP contribution in [0, 0.1) is 5.82 Å². The van der Waals surface area contributed by atoms with Crippen molar-refractivity contribution < 1.29 is 9.18 Å². The first kappa shape index (κ1) is 16.8. The SMILES string of the molecule is C[C@H](SCCC(=O)Nc1ccc(Cl)cc1F)c1ccccc1. The molecule has 22 heavy (non-hydrogen) atoms. The second-order valence-corrected chi connectivity index (χ2v) is 6.73. The van der Waals surface area contributed by atoms with Gasteiger partial charge in [-0.25, -0.2) is 4.39 Å². The van der Waals surface area contributed by atoms with E-state index in [-0.39, 0.29) is 11.6 Å². The summed E-state index contributed by atoms with van der Waals surface area (Å²) in [6.07, 6.45) is 0.337. The van der Waals surface area contributed by atoms with Gasteiger partial charge in [0.05, 0.1) is 5.69 Å². The average Bonchev–Trinajstić information content (AvgIpc) is 2.51. The van der Waals surface area contributed by atoms with E-state index in [4.69, 9.17) is 11.6 Å². The van der Waals surface area contributed by atoms with Crippen molar-refractivity contribution in [2.75, 3.05) is 11.1 Å². The van der Waals surface area contributed by atoms with Crippen LogP contribution in [-0.4, -0.2) is 11.7 Å². The summed E-state index contributed by atoms with van der Waals surface area (Å²) in [5, 5.41) is 3.19. The quantitative estimate of drug-likeness (QED) is 0.774. The van der Waals surface area contributed by atoms with Gasteiger partial charge in [-0.3, -0.25) is 4.79 Å². The highest BCUT2D eigenvalue weighted by atomic mass is 35.5. The fourth-order valence-electron chi connectivity index (χ4n) is 1.95. The van der Waals surface area contributed by atoms with Crippen molar-refractivity contribution in [3.05, 3.63) is 64.9 Å². The van der Waals surface area contributed by atoms with E-state index in [1.807, 2.05) is 18.2 Å². The van der Waals surface area contributed by atoms with Crippen LogP contribution in [0.15, 0.2) is 48.5 Å². The molecule has 1 atom stereocenters. The number of nitrogens with one attached hydrogen (secondary N) is 1. The van der Waals surface area contributed by atoms with Crippen LogP contribution in [0.1, 0.15) is 24.2 Å². The molecular formula is C17H17ClFNOS. The summed E-state index contributed by atoms with van der Waals surface area (Å²) >= 11 is 7.37. The van der Waals surface area contributed by atoms with Crippen molar-refractivity contribution in [3.8, 4) is 0 Å². The molecule has 0 saturated heterocycles. The minimum absolute atomic E-state index is 0.163. The lowest BCUT2D eigenvalue weighted by Crippen LogP contribution is -2.13. The summed E-state index contributed by atoms with van der Waals surface area (Å²) in [5.74, 6) is -0.0444. The third kappa shape index (κ3) is 5.04. The Morgan fingerprint density at radius 1 is 1.27 bits per heavy atom. The van der Waals surface area contributed by atoms with E-state index in [9.17, 15) is 9.18 Å². The van der Waals surface area contributed by atoms with E-state index in [2.05, 4.69) is 24.4 Å². The summed E-state index contributed by atoms with van der Waals surface area (Å²) in [5.41, 5.74) is 1.40. The van der Waals surface area contributed by atoms with Crippen LogP contribution in [0.4, 0.5) is 10.1 Å². The zero-order valence-electron chi connectivity index (χ0n) is 12.2. The molecule has 116 valence electrons. The number of benzene rings is 2. The van der Waals surface area contributed by atoms with Crippen LogP contribution in [-0.2, 0) is 4.79 Å². The van der Waals surface area contributed by atoms with Gasteiger partial charge in [0.1, 0.15) is 5.82 Å². The number of anilines is 1. The van der Waals surface area contributed by atoms with E-state index in [0.29, 0.717) is 22.4 Å². The summed E-state index contributed by atoms with van der Waals surface area (Å²) in [4.78, 5) is 11.8. The maximum atomic E-state index is 13.6. The van der Waals surface area contributed by atoms with Gasteiger partial charge in [-0.1, -0.05) is 41.9 Å². The van der Waals surface area contributed by atoms with Crippen LogP contribution in [0.25, 0.3) is 0 Å². The van der Waals surface area contributed by atoms with Gasteiger partial charge in [-0.2, -0.15) is 11.8 Å². The molecule has 0 saturated carbocycles. The Labute approximate surface area is 139 Å². The molecular weight excluding hydrogens is 321 g/mol. The minimum atomic E-state index is -0.522. The van der Waals surface area contributed by atoms with Gasteiger partial charge in [0.25, 0.3) is 0 Å². The summed E-state index contributed by atoms with van der Waals surface area (Å²) < 4.78 is 13.6. The summed E-state index contributed by atoms with van der Waals surface area (Å²) in [7, 11) is 0. The van der Waals surface area contributed by atoms with Crippen molar-refractivity contribution in [1.82, 2.24) is 0 Å². The van der Waals surface area contributed by atoms with E-state index in [1.165, 1.54) is 17.7 Å².